The summed E-state index contributed by atoms with van der Waals surface area (Å²) in [5.41, 5.74) is -0.444. The van der Waals surface area contributed by atoms with Crippen LogP contribution in [0.1, 0.15) is 24.2 Å². The summed E-state index contributed by atoms with van der Waals surface area (Å²) < 4.78 is 25.8. The second-order valence-electron chi connectivity index (χ2n) is 3.37. The average molecular weight is 251 g/mol. The molecule has 6 heteroatoms. The standard InChI is InChI=1S/C10H9ClF2O3/c1-10(12,13)5-2-3-6(7(11)4-5)8(14)9(15)16/h2-4,8,14H,1H3,(H,15,16). The molecule has 0 saturated heterocycles. The van der Waals surface area contributed by atoms with Crippen molar-refractivity contribution < 1.29 is 23.8 Å². The molecule has 1 atom stereocenters. The second-order valence-corrected chi connectivity index (χ2v) is 3.77. The van der Waals surface area contributed by atoms with Gasteiger partial charge in [-0.25, -0.2) is 13.6 Å². The number of carboxylic acid groups (broad SMARTS) is 1. The van der Waals surface area contributed by atoms with Gasteiger partial charge in [-0.2, -0.15) is 0 Å². The zero-order valence-corrected chi connectivity index (χ0v) is 9.00. The molecule has 2 N–H and O–H groups in total. The van der Waals surface area contributed by atoms with E-state index in [1.165, 1.54) is 0 Å². The molecule has 0 amide bonds. The molecule has 0 aromatic heterocycles. The predicted molar refractivity (Wildman–Crippen MR) is 53.6 cm³/mol. The highest BCUT2D eigenvalue weighted by Crippen LogP contribution is 2.32. The van der Waals surface area contributed by atoms with E-state index >= 15 is 0 Å². The van der Waals surface area contributed by atoms with E-state index in [0.717, 1.165) is 18.2 Å². The summed E-state index contributed by atoms with van der Waals surface area (Å²) in [6, 6.07) is 3.06. The second kappa shape index (κ2) is 4.35. The molecule has 0 radical (unpaired) electrons. The fraction of sp³-hybridized carbons (Fsp3) is 0.300. The summed E-state index contributed by atoms with van der Waals surface area (Å²) in [7, 11) is 0. The van der Waals surface area contributed by atoms with Crippen molar-refractivity contribution in [3.63, 3.8) is 0 Å². The first-order valence-corrected chi connectivity index (χ1v) is 4.70. The molecule has 1 aromatic rings. The van der Waals surface area contributed by atoms with Gasteiger partial charge in [-0.3, -0.25) is 0 Å². The number of aliphatic hydroxyl groups excluding tert-OH is 1. The zero-order chi connectivity index (χ0) is 12.5. The highest BCUT2D eigenvalue weighted by atomic mass is 35.5. The van der Waals surface area contributed by atoms with Gasteiger partial charge in [0.05, 0.1) is 0 Å². The summed E-state index contributed by atoms with van der Waals surface area (Å²) in [5.74, 6) is -4.55. The molecule has 3 nitrogen and oxygen atoms in total. The van der Waals surface area contributed by atoms with Crippen LogP contribution in [0.5, 0.6) is 0 Å². The van der Waals surface area contributed by atoms with Crippen LogP contribution in [0, 0.1) is 0 Å². The number of hydrogen-bond acceptors (Lipinski definition) is 2. The summed E-state index contributed by atoms with van der Waals surface area (Å²) in [5, 5.41) is 17.5. The third kappa shape index (κ3) is 2.68. The first-order valence-electron chi connectivity index (χ1n) is 4.32. The Bertz CT molecular complexity index is 415. The van der Waals surface area contributed by atoms with Gasteiger partial charge in [-0.05, 0) is 6.07 Å². The van der Waals surface area contributed by atoms with Crippen molar-refractivity contribution in [2.24, 2.45) is 0 Å². The molecule has 88 valence electrons. The summed E-state index contributed by atoms with van der Waals surface area (Å²) in [4.78, 5) is 10.5. The van der Waals surface area contributed by atoms with Crippen LogP contribution in [0.4, 0.5) is 8.78 Å². The number of halogens is 3. The van der Waals surface area contributed by atoms with Crippen molar-refractivity contribution in [2.45, 2.75) is 19.0 Å². The minimum atomic E-state index is -3.06. The van der Waals surface area contributed by atoms with E-state index in [-0.39, 0.29) is 16.1 Å². The predicted octanol–water partition coefficient (Wildman–Crippen LogP) is 2.57. The van der Waals surface area contributed by atoms with Gasteiger partial charge >= 0.3 is 5.97 Å². The molecule has 1 unspecified atom stereocenters. The highest BCUT2D eigenvalue weighted by molar-refractivity contribution is 6.31. The fourth-order valence-corrected chi connectivity index (χ4v) is 1.44. The van der Waals surface area contributed by atoms with Crippen LogP contribution < -0.4 is 0 Å². The molecule has 0 aliphatic carbocycles. The molecule has 16 heavy (non-hydrogen) atoms. The Balaban J connectivity index is 3.15. The van der Waals surface area contributed by atoms with Gasteiger partial charge in [-0.15, -0.1) is 0 Å². The molecule has 0 fully saturated rings. The molecular formula is C10H9ClF2O3. The van der Waals surface area contributed by atoms with E-state index in [4.69, 9.17) is 16.7 Å². The van der Waals surface area contributed by atoms with Crippen LogP contribution in [0.2, 0.25) is 5.02 Å². The lowest BCUT2D eigenvalue weighted by Gasteiger charge is -2.13. The van der Waals surface area contributed by atoms with E-state index in [2.05, 4.69) is 0 Å². The Morgan fingerprint density at radius 1 is 1.50 bits per heavy atom. The molecule has 1 rings (SSSR count). The Kier molecular flexibility index (Phi) is 3.50. The third-order valence-corrected chi connectivity index (χ3v) is 2.36. The summed E-state index contributed by atoms with van der Waals surface area (Å²) in [6.07, 6.45) is -1.81. The zero-order valence-electron chi connectivity index (χ0n) is 8.25. The number of carboxylic acids is 1. The van der Waals surface area contributed by atoms with E-state index < -0.39 is 18.0 Å². The van der Waals surface area contributed by atoms with Crippen LogP contribution in [0.25, 0.3) is 0 Å². The minimum absolute atomic E-state index is 0.109. The molecule has 0 aliphatic rings. The lowest BCUT2D eigenvalue weighted by Crippen LogP contribution is -2.12. The molecule has 0 spiro atoms. The number of benzene rings is 1. The lowest BCUT2D eigenvalue weighted by molar-refractivity contribution is -0.146. The van der Waals surface area contributed by atoms with Crippen molar-refractivity contribution in [3.05, 3.63) is 34.3 Å². The van der Waals surface area contributed by atoms with Crippen molar-refractivity contribution in [1.82, 2.24) is 0 Å². The normalized spacial score (nSPS) is 13.6. The van der Waals surface area contributed by atoms with Crippen LogP contribution in [0.3, 0.4) is 0 Å². The largest absolute Gasteiger partial charge is 0.479 e. The molecule has 1 aromatic carbocycles. The molecule has 0 saturated carbocycles. The van der Waals surface area contributed by atoms with Crippen molar-refractivity contribution in [2.75, 3.05) is 0 Å². The quantitative estimate of drug-likeness (QED) is 0.867. The Hall–Kier alpha value is -1.20. The number of alkyl halides is 2. The van der Waals surface area contributed by atoms with Gasteiger partial charge < -0.3 is 10.2 Å². The van der Waals surface area contributed by atoms with Crippen molar-refractivity contribution in [3.8, 4) is 0 Å². The number of rotatable bonds is 3. The van der Waals surface area contributed by atoms with E-state index in [1.807, 2.05) is 0 Å². The number of carbonyl (C=O) groups is 1. The number of aliphatic carboxylic acids is 1. The Morgan fingerprint density at radius 3 is 2.44 bits per heavy atom. The SMILES string of the molecule is CC(F)(F)c1ccc(C(O)C(=O)O)c(Cl)c1. The van der Waals surface area contributed by atoms with Crippen molar-refractivity contribution >= 4 is 17.6 Å². The first-order chi connectivity index (χ1) is 7.23. The molecule has 0 bridgehead atoms. The van der Waals surface area contributed by atoms with Gasteiger partial charge in [0.15, 0.2) is 6.10 Å². The topological polar surface area (TPSA) is 57.5 Å². The van der Waals surface area contributed by atoms with Gasteiger partial charge in [0.25, 0.3) is 5.92 Å². The van der Waals surface area contributed by atoms with E-state index in [1.54, 1.807) is 0 Å². The number of aliphatic hydroxyl groups is 1. The van der Waals surface area contributed by atoms with Gasteiger partial charge in [0.2, 0.25) is 0 Å². The molecule has 0 aliphatic heterocycles. The van der Waals surface area contributed by atoms with Crippen LogP contribution in [-0.2, 0) is 10.7 Å². The maximum Gasteiger partial charge on any atom is 0.337 e. The van der Waals surface area contributed by atoms with E-state index in [9.17, 15) is 18.7 Å². The monoisotopic (exact) mass is 250 g/mol. The van der Waals surface area contributed by atoms with Gasteiger partial charge in [0.1, 0.15) is 0 Å². The Labute approximate surface area is 95.3 Å². The Morgan fingerprint density at radius 2 is 2.06 bits per heavy atom. The summed E-state index contributed by atoms with van der Waals surface area (Å²) in [6.45, 7) is 0.700. The van der Waals surface area contributed by atoms with Crippen LogP contribution in [0.15, 0.2) is 18.2 Å². The smallest absolute Gasteiger partial charge is 0.337 e. The maximum absolute atomic E-state index is 12.9. The molecule has 0 heterocycles. The summed E-state index contributed by atoms with van der Waals surface area (Å²) >= 11 is 5.62. The third-order valence-electron chi connectivity index (χ3n) is 2.04. The maximum atomic E-state index is 12.9. The first kappa shape index (κ1) is 12.9. The highest BCUT2D eigenvalue weighted by Gasteiger charge is 2.26. The number of hydrogen-bond donors (Lipinski definition) is 2. The van der Waals surface area contributed by atoms with Crippen molar-refractivity contribution in [1.29, 1.82) is 0 Å². The van der Waals surface area contributed by atoms with Gasteiger partial charge in [-0.1, -0.05) is 23.7 Å². The fourth-order valence-electron chi connectivity index (χ4n) is 1.15. The average Bonchev–Trinajstić information content (AvgIpc) is 2.15. The molecular weight excluding hydrogens is 242 g/mol. The van der Waals surface area contributed by atoms with Gasteiger partial charge in [0, 0.05) is 23.1 Å². The van der Waals surface area contributed by atoms with E-state index in [0.29, 0.717) is 6.92 Å². The lowest BCUT2D eigenvalue weighted by atomic mass is 10.0. The van der Waals surface area contributed by atoms with Crippen LogP contribution in [-0.4, -0.2) is 16.2 Å². The minimum Gasteiger partial charge on any atom is -0.479 e. The van der Waals surface area contributed by atoms with Crippen LogP contribution >= 0.6 is 11.6 Å².